The van der Waals surface area contributed by atoms with Crippen molar-refractivity contribution in [2.45, 2.75) is 13.0 Å². The molecule has 1 aromatic carbocycles. The number of amides is 3. The van der Waals surface area contributed by atoms with Crippen LogP contribution in [0.25, 0.3) is 0 Å². The highest BCUT2D eigenvalue weighted by Gasteiger charge is 2.06. The third-order valence-corrected chi connectivity index (χ3v) is 2.60. The molecule has 0 saturated carbocycles. The quantitative estimate of drug-likeness (QED) is 0.837. The van der Waals surface area contributed by atoms with Gasteiger partial charge in [0.25, 0.3) is 0 Å². The molecule has 4 nitrogen and oxygen atoms in total. The Bertz CT molecular complexity index is 412. The van der Waals surface area contributed by atoms with Gasteiger partial charge in [-0.1, -0.05) is 28.1 Å². The van der Waals surface area contributed by atoms with Crippen molar-refractivity contribution in [3.05, 3.63) is 34.3 Å². The van der Waals surface area contributed by atoms with Crippen LogP contribution in [0.2, 0.25) is 0 Å². The summed E-state index contributed by atoms with van der Waals surface area (Å²) in [5, 5.41) is 4.76. The van der Waals surface area contributed by atoms with Crippen LogP contribution in [0.1, 0.15) is 12.0 Å². The number of imide groups is 1. The van der Waals surface area contributed by atoms with Gasteiger partial charge < -0.3 is 5.32 Å². The van der Waals surface area contributed by atoms with E-state index in [9.17, 15) is 9.59 Å². The van der Waals surface area contributed by atoms with E-state index in [1.807, 2.05) is 24.3 Å². The predicted molar refractivity (Wildman–Crippen MR) is 69.9 cm³/mol. The predicted octanol–water partition coefficient (Wildman–Crippen LogP) is 2.40. The number of benzene rings is 1. The molecule has 0 saturated heterocycles. The lowest BCUT2D eigenvalue weighted by Crippen LogP contribution is -2.39. The van der Waals surface area contributed by atoms with Crippen LogP contribution in [0.4, 0.5) is 4.79 Å². The van der Waals surface area contributed by atoms with Crippen LogP contribution in [0, 0.1) is 0 Å². The summed E-state index contributed by atoms with van der Waals surface area (Å²) in [5.41, 5.74) is 0.944. The van der Waals surface area contributed by atoms with Gasteiger partial charge in [-0.05, 0) is 17.7 Å². The number of rotatable bonds is 4. The summed E-state index contributed by atoms with van der Waals surface area (Å²) in [4.78, 5) is 22.3. The number of hydrogen-bond acceptors (Lipinski definition) is 2. The van der Waals surface area contributed by atoms with Gasteiger partial charge in [-0.15, -0.1) is 11.6 Å². The molecular weight excluding hydrogens is 307 g/mol. The summed E-state index contributed by atoms with van der Waals surface area (Å²) >= 11 is 8.71. The van der Waals surface area contributed by atoms with E-state index in [1.54, 1.807) is 0 Å². The second-order valence-corrected chi connectivity index (χ2v) is 4.59. The Labute approximate surface area is 113 Å². The first kappa shape index (κ1) is 14.0. The van der Waals surface area contributed by atoms with Crippen LogP contribution < -0.4 is 10.6 Å². The topological polar surface area (TPSA) is 58.2 Å². The molecule has 0 spiro atoms. The maximum absolute atomic E-state index is 11.3. The van der Waals surface area contributed by atoms with Crippen molar-refractivity contribution in [1.29, 1.82) is 0 Å². The summed E-state index contributed by atoms with van der Waals surface area (Å²) in [7, 11) is 0. The average Bonchev–Trinajstić information content (AvgIpc) is 2.27. The summed E-state index contributed by atoms with van der Waals surface area (Å²) in [6, 6.07) is 7.03. The van der Waals surface area contributed by atoms with Crippen LogP contribution in [0.3, 0.4) is 0 Å². The molecule has 3 amide bonds. The van der Waals surface area contributed by atoms with E-state index < -0.39 is 6.03 Å². The molecule has 1 rings (SSSR count). The molecule has 17 heavy (non-hydrogen) atoms. The molecule has 2 N–H and O–H groups in total. The van der Waals surface area contributed by atoms with Crippen LogP contribution in [-0.2, 0) is 11.3 Å². The number of carbonyl (C=O) groups excluding carboxylic acids is 2. The number of halogens is 2. The minimum atomic E-state index is -0.514. The van der Waals surface area contributed by atoms with E-state index in [2.05, 4.69) is 26.6 Å². The molecule has 6 heteroatoms. The molecular formula is C11H12BrClN2O2. The van der Waals surface area contributed by atoms with E-state index in [0.717, 1.165) is 10.0 Å². The first-order valence-electron chi connectivity index (χ1n) is 5.00. The highest BCUT2D eigenvalue weighted by atomic mass is 79.9. The van der Waals surface area contributed by atoms with Gasteiger partial charge in [0.05, 0.1) is 0 Å². The van der Waals surface area contributed by atoms with Crippen molar-refractivity contribution in [3.8, 4) is 0 Å². The largest absolute Gasteiger partial charge is 0.334 e. The zero-order valence-corrected chi connectivity index (χ0v) is 11.3. The minimum Gasteiger partial charge on any atom is -0.334 e. The van der Waals surface area contributed by atoms with Gasteiger partial charge >= 0.3 is 6.03 Å². The van der Waals surface area contributed by atoms with Crippen molar-refractivity contribution in [1.82, 2.24) is 10.6 Å². The van der Waals surface area contributed by atoms with Gasteiger partial charge in [-0.2, -0.15) is 0 Å². The molecule has 0 aliphatic rings. The highest BCUT2D eigenvalue weighted by molar-refractivity contribution is 9.10. The van der Waals surface area contributed by atoms with Crippen LogP contribution in [0.15, 0.2) is 28.7 Å². The molecule has 1 aromatic rings. The molecule has 0 aliphatic heterocycles. The van der Waals surface area contributed by atoms with Gasteiger partial charge in [-0.3, -0.25) is 10.1 Å². The number of urea groups is 1. The van der Waals surface area contributed by atoms with Crippen molar-refractivity contribution in [3.63, 3.8) is 0 Å². The zero-order chi connectivity index (χ0) is 12.7. The van der Waals surface area contributed by atoms with Gasteiger partial charge in [0, 0.05) is 23.3 Å². The highest BCUT2D eigenvalue weighted by Crippen LogP contribution is 2.11. The van der Waals surface area contributed by atoms with E-state index in [-0.39, 0.29) is 18.2 Å². The Hall–Kier alpha value is -1.07. The van der Waals surface area contributed by atoms with Crippen molar-refractivity contribution < 1.29 is 9.59 Å². The second kappa shape index (κ2) is 7.29. The smallest absolute Gasteiger partial charge is 0.321 e. The summed E-state index contributed by atoms with van der Waals surface area (Å²) < 4.78 is 0.940. The lowest BCUT2D eigenvalue weighted by atomic mass is 10.2. The van der Waals surface area contributed by atoms with Crippen molar-refractivity contribution >= 4 is 39.5 Å². The van der Waals surface area contributed by atoms with E-state index in [4.69, 9.17) is 11.6 Å². The lowest BCUT2D eigenvalue weighted by molar-refractivity contribution is -0.119. The Morgan fingerprint density at radius 1 is 1.35 bits per heavy atom. The van der Waals surface area contributed by atoms with E-state index in [1.165, 1.54) is 0 Å². The summed E-state index contributed by atoms with van der Waals surface area (Å²) in [6.45, 7) is 0.361. The molecule has 0 bridgehead atoms. The van der Waals surface area contributed by atoms with E-state index in [0.29, 0.717) is 6.54 Å². The maximum Gasteiger partial charge on any atom is 0.321 e. The van der Waals surface area contributed by atoms with Crippen molar-refractivity contribution in [2.75, 3.05) is 5.88 Å². The number of hydrogen-bond donors (Lipinski definition) is 2. The normalized spacial score (nSPS) is 9.76. The molecule has 0 radical (unpaired) electrons. The molecule has 0 atom stereocenters. The molecule has 0 heterocycles. The van der Waals surface area contributed by atoms with Gasteiger partial charge in [0.1, 0.15) is 0 Å². The number of nitrogens with one attached hydrogen (secondary N) is 2. The Balaban J connectivity index is 2.35. The molecule has 0 aromatic heterocycles. The van der Waals surface area contributed by atoms with Gasteiger partial charge in [0.15, 0.2) is 0 Å². The molecule has 92 valence electrons. The lowest BCUT2D eigenvalue weighted by Gasteiger charge is -2.06. The third-order valence-electron chi connectivity index (χ3n) is 1.92. The fourth-order valence-electron chi connectivity index (χ4n) is 1.15. The summed E-state index contributed by atoms with van der Waals surface area (Å²) in [6.07, 6.45) is 0.131. The fraction of sp³-hybridized carbons (Fsp3) is 0.273. The van der Waals surface area contributed by atoms with E-state index >= 15 is 0 Å². The molecule has 0 unspecified atom stereocenters. The van der Waals surface area contributed by atoms with Gasteiger partial charge in [0.2, 0.25) is 5.91 Å². The first-order valence-corrected chi connectivity index (χ1v) is 6.32. The number of alkyl halides is 1. The first-order chi connectivity index (χ1) is 8.11. The second-order valence-electron chi connectivity index (χ2n) is 3.30. The monoisotopic (exact) mass is 318 g/mol. The van der Waals surface area contributed by atoms with Crippen LogP contribution >= 0.6 is 27.5 Å². The number of carbonyl (C=O) groups is 2. The summed E-state index contributed by atoms with van der Waals surface area (Å²) in [5.74, 6) is -0.183. The van der Waals surface area contributed by atoms with Crippen molar-refractivity contribution in [2.24, 2.45) is 0 Å². The fourth-order valence-corrected chi connectivity index (χ4v) is 1.77. The van der Waals surface area contributed by atoms with Crippen LogP contribution in [-0.4, -0.2) is 17.8 Å². The van der Waals surface area contributed by atoms with Gasteiger partial charge in [-0.25, -0.2) is 4.79 Å². The van der Waals surface area contributed by atoms with Crippen LogP contribution in [0.5, 0.6) is 0 Å². The maximum atomic E-state index is 11.3. The Morgan fingerprint density at radius 3 is 2.76 bits per heavy atom. The Kier molecular flexibility index (Phi) is 6.00. The SMILES string of the molecule is O=C(CCCl)NC(=O)NCc1cccc(Br)c1. The minimum absolute atomic E-state index is 0.131. The molecule has 0 fully saturated rings. The zero-order valence-electron chi connectivity index (χ0n) is 9.00. The Morgan fingerprint density at radius 2 is 2.12 bits per heavy atom. The molecule has 0 aliphatic carbocycles. The average molecular weight is 320 g/mol. The standard InChI is InChI=1S/C11H12BrClN2O2/c12-9-3-1-2-8(6-9)7-14-11(17)15-10(16)4-5-13/h1-3,6H,4-5,7H2,(H2,14,15,16,17). The third kappa shape index (κ3) is 5.70.